The maximum Gasteiger partial charge on any atom is 0.326 e. The van der Waals surface area contributed by atoms with Gasteiger partial charge in [-0.1, -0.05) is 43.7 Å². The molecule has 1 rings (SSSR count). The highest BCUT2D eigenvalue weighted by molar-refractivity contribution is 6.30. The highest BCUT2D eigenvalue weighted by Crippen LogP contribution is 2.21. The van der Waals surface area contributed by atoms with Crippen molar-refractivity contribution in [2.24, 2.45) is 5.92 Å². The Labute approximate surface area is 124 Å². The van der Waals surface area contributed by atoms with Gasteiger partial charge in [0.05, 0.1) is 0 Å². The quantitative estimate of drug-likeness (QED) is 0.793. The molecule has 5 heteroatoms. The van der Waals surface area contributed by atoms with Crippen LogP contribution in [-0.4, -0.2) is 23.0 Å². The first-order chi connectivity index (χ1) is 9.31. The molecule has 1 aromatic carbocycles. The van der Waals surface area contributed by atoms with Crippen LogP contribution in [0.4, 0.5) is 0 Å². The molecule has 4 nitrogen and oxygen atoms in total. The molecule has 2 N–H and O–H groups in total. The van der Waals surface area contributed by atoms with E-state index in [1.807, 2.05) is 32.9 Å². The van der Waals surface area contributed by atoms with Gasteiger partial charge in [-0.25, -0.2) is 4.79 Å². The molecule has 20 heavy (non-hydrogen) atoms. The smallest absolute Gasteiger partial charge is 0.326 e. The SMILES string of the molecule is Cc1ccc(C(Cl)C(=O)NC(CC(C)C)C(=O)O)cc1. The fraction of sp³-hybridized carbons (Fsp3) is 0.467. The van der Waals surface area contributed by atoms with Crippen molar-refractivity contribution in [2.45, 2.75) is 38.6 Å². The summed E-state index contributed by atoms with van der Waals surface area (Å²) in [6.45, 7) is 5.75. The normalized spacial score (nSPS) is 13.8. The molecule has 2 unspecified atom stereocenters. The lowest BCUT2D eigenvalue weighted by molar-refractivity contribution is -0.142. The van der Waals surface area contributed by atoms with E-state index in [1.54, 1.807) is 12.1 Å². The lowest BCUT2D eigenvalue weighted by Crippen LogP contribution is -2.43. The lowest BCUT2D eigenvalue weighted by atomic mass is 10.0. The number of carboxylic acid groups (broad SMARTS) is 1. The Morgan fingerprint density at radius 2 is 1.80 bits per heavy atom. The van der Waals surface area contributed by atoms with Gasteiger partial charge in [-0.3, -0.25) is 4.79 Å². The topological polar surface area (TPSA) is 66.4 Å². The van der Waals surface area contributed by atoms with Crippen LogP contribution in [0.1, 0.15) is 36.8 Å². The summed E-state index contributed by atoms with van der Waals surface area (Å²) in [7, 11) is 0. The number of halogens is 1. The van der Waals surface area contributed by atoms with Crippen molar-refractivity contribution < 1.29 is 14.7 Å². The summed E-state index contributed by atoms with van der Waals surface area (Å²) in [5.74, 6) is -1.35. The van der Waals surface area contributed by atoms with Gasteiger partial charge in [0.1, 0.15) is 11.4 Å². The van der Waals surface area contributed by atoms with Gasteiger partial charge in [0.25, 0.3) is 0 Å². The number of rotatable bonds is 6. The van der Waals surface area contributed by atoms with Crippen LogP contribution in [0.5, 0.6) is 0 Å². The molecule has 0 aromatic heterocycles. The number of nitrogens with one attached hydrogen (secondary N) is 1. The standard InChI is InChI=1S/C15H20ClNO3/c1-9(2)8-12(15(19)20)17-14(18)13(16)11-6-4-10(3)5-7-11/h4-7,9,12-13H,8H2,1-3H3,(H,17,18)(H,19,20). The number of aryl methyl sites for hydroxylation is 1. The fourth-order valence-electron chi connectivity index (χ4n) is 1.82. The lowest BCUT2D eigenvalue weighted by Gasteiger charge is -2.18. The number of hydrogen-bond acceptors (Lipinski definition) is 2. The first-order valence-electron chi connectivity index (χ1n) is 6.55. The van der Waals surface area contributed by atoms with Crippen LogP contribution in [0, 0.1) is 12.8 Å². The summed E-state index contributed by atoms with van der Waals surface area (Å²) in [5, 5.41) is 10.7. The molecule has 0 saturated carbocycles. The summed E-state index contributed by atoms with van der Waals surface area (Å²) >= 11 is 6.09. The highest BCUT2D eigenvalue weighted by atomic mass is 35.5. The third-order valence-electron chi connectivity index (χ3n) is 2.92. The van der Waals surface area contributed by atoms with Crippen molar-refractivity contribution >= 4 is 23.5 Å². The number of amides is 1. The molecule has 0 bridgehead atoms. The van der Waals surface area contributed by atoms with Crippen LogP contribution in [-0.2, 0) is 9.59 Å². The second-order valence-corrected chi connectivity index (χ2v) is 5.74. The maximum atomic E-state index is 12.0. The largest absolute Gasteiger partial charge is 0.480 e. The summed E-state index contributed by atoms with van der Waals surface area (Å²) in [5.41, 5.74) is 1.73. The average Bonchev–Trinajstić information content (AvgIpc) is 2.37. The van der Waals surface area contributed by atoms with E-state index in [1.165, 1.54) is 0 Å². The van der Waals surface area contributed by atoms with Gasteiger partial charge in [0.15, 0.2) is 0 Å². The summed E-state index contributed by atoms with van der Waals surface area (Å²) < 4.78 is 0. The molecule has 0 radical (unpaired) electrons. The molecular weight excluding hydrogens is 278 g/mol. The number of carboxylic acids is 1. The van der Waals surface area contributed by atoms with E-state index in [2.05, 4.69) is 5.32 Å². The monoisotopic (exact) mass is 297 g/mol. The third kappa shape index (κ3) is 4.85. The van der Waals surface area contributed by atoms with E-state index in [0.29, 0.717) is 12.0 Å². The van der Waals surface area contributed by atoms with Gasteiger partial charge in [0.2, 0.25) is 5.91 Å². The number of aliphatic carboxylic acids is 1. The Kier molecular flexibility index (Phi) is 6.02. The second-order valence-electron chi connectivity index (χ2n) is 5.30. The molecule has 1 amide bonds. The van der Waals surface area contributed by atoms with E-state index in [9.17, 15) is 9.59 Å². The molecule has 0 spiro atoms. The zero-order valence-corrected chi connectivity index (χ0v) is 12.6. The van der Waals surface area contributed by atoms with Crippen LogP contribution in [0.3, 0.4) is 0 Å². The van der Waals surface area contributed by atoms with Crippen LogP contribution < -0.4 is 5.32 Å². The Morgan fingerprint density at radius 3 is 2.25 bits per heavy atom. The van der Waals surface area contributed by atoms with E-state index < -0.39 is 23.3 Å². The molecule has 0 aliphatic carbocycles. The minimum atomic E-state index is -1.04. The molecule has 0 aliphatic rings. The van der Waals surface area contributed by atoms with Gasteiger partial charge in [-0.15, -0.1) is 11.6 Å². The molecule has 0 heterocycles. The molecule has 0 fully saturated rings. The first kappa shape index (κ1) is 16.5. The number of carbonyl (C=O) groups excluding carboxylic acids is 1. The van der Waals surface area contributed by atoms with E-state index in [4.69, 9.17) is 16.7 Å². The van der Waals surface area contributed by atoms with Crippen LogP contribution in [0.15, 0.2) is 24.3 Å². The van der Waals surface area contributed by atoms with Crippen molar-refractivity contribution in [3.63, 3.8) is 0 Å². The second kappa shape index (κ2) is 7.29. The minimum Gasteiger partial charge on any atom is -0.480 e. The summed E-state index contributed by atoms with van der Waals surface area (Å²) in [6, 6.07) is 6.35. The number of hydrogen-bond donors (Lipinski definition) is 2. The van der Waals surface area contributed by atoms with Crippen molar-refractivity contribution in [1.29, 1.82) is 0 Å². The molecule has 110 valence electrons. The predicted octanol–water partition coefficient (Wildman–Crippen LogP) is 2.89. The van der Waals surface area contributed by atoms with Crippen molar-refractivity contribution in [3.05, 3.63) is 35.4 Å². The van der Waals surface area contributed by atoms with E-state index in [-0.39, 0.29) is 5.92 Å². The zero-order chi connectivity index (χ0) is 15.3. The van der Waals surface area contributed by atoms with Gasteiger partial charge < -0.3 is 10.4 Å². The van der Waals surface area contributed by atoms with Crippen molar-refractivity contribution in [2.75, 3.05) is 0 Å². The Hall–Kier alpha value is -1.55. The summed E-state index contributed by atoms with van der Waals surface area (Å²) in [4.78, 5) is 23.1. The van der Waals surface area contributed by atoms with Crippen molar-refractivity contribution in [3.8, 4) is 0 Å². The first-order valence-corrected chi connectivity index (χ1v) is 6.98. The predicted molar refractivity (Wildman–Crippen MR) is 78.8 cm³/mol. The fourth-order valence-corrected chi connectivity index (χ4v) is 2.03. The van der Waals surface area contributed by atoms with Gasteiger partial charge >= 0.3 is 5.97 Å². The third-order valence-corrected chi connectivity index (χ3v) is 3.37. The highest BCUT2D eigenvalue weighted by Gasteiger charge is 2.25. The van der Waals surface area contributed by atoms with E-state index >= 15 is 0 Å². The van der Waals surface area contributed by atoms with Gasteiger partial charge in [-0.05, 0) is 24.8 Å². The average molecular weight is 298 g/mol. The number of benzene rings is 1. The molecule has 2 atom stereocenters. The van der Waals surface area contributed by atoms with Crippen LogP contribution in [0.25, 0.3) is 0 Å². The van der Waals surface area contributed by atoms with Crippen LogP contribution >= 0.6 is 11.6 Å². The molecular formula is C15H20ClNO3. The molecule has 1 aromatic rings. The Morgan fingerprint density at radius 1 is 1.25 bits per heavy atom. The van der Waals surface area contributed by atoms with Crippen molar-refractivity contribution in [1.82, 2.24) is 5.32 Å². The van der Waals surface area contributed by atoms with Gasteiger partial charge in [0, 0.05) is 0 Å². The number of carbonyl (C=O) groups is 2. The van der Waals surface area contributed by atoms with Crippen LogP contribution in [0.2, 0.25) is 0 Å². The molecule has 0 saturated heterocycles. The van der Waals surface area contributed by atoms with Gasteiger partial charge in [-0.2, -0.15) is 0 Å². The maximum absolute atomic E-state index is 12.0. The molecule has 0 aliphatic heterocycles. The Bertz CT molecular complexity index is 471. The zero-order valence-electron chi connectivity index (χ0n) is 11.9. The van der Waals surface area contributed by atoms with E-state index in [0.717, 1.165) is 5.56 Å². The minimum absolute atomic E-state index is 0.171. The number of alkyl halides is 1. The Balaban J connectivity index is 2.73. The summed E-state index contributed by atoms with van der Waals surface area (Å²) in [6.07, 6.45) is 0.374.